The monoisotopic (exact) mass is 257 g/mol. The zero-order valence-electron chi connectivity index (χ0n) is 11.6. The second kappa shape index (κ2) is 6.09. The Morgan fingerprint density at radius 2 is 1.95 bits per heavy atom. The second-order valence-electron chi connectivity index (χ2n) is 4.46. The van der Waals surface area contributed by atoms with E-state index in [1.165, 1.54) is 0 Å². The van der Waals surface area contributed by atoms with Gasteiger partial charge in [0.2, 0.25) is 0 Å². The Morgan fingerprint density at radius 3 is 2.58 bits per heavy atom. The van der Waals surface area contributed by atoms with E-state index in [2.05, 4.69) is 10.3 Å². The number of para-hydroxylation sites is 1. The number of benzene rings is 1. The van der Waals surface area contributed by atoms with Gasteiger partial charge in [-0.25, -0.2) is 4.98 Å². The van der Waals surface area contributed by atoms with Crippen LogP contribution in [-0.2, 0) is 6.54 Å². The highest BCUT2D eigenvalue weighted by molar-refractivity contribution is 5.49. The first-order valence-electron chi connectivity index (χ1n) is 6.20. The molecule has 0 saturated heterocycles. The van der Waals surface area contributed by atoms with Crippen molar-refractivity contribution >= 4 is 11.5 Å². The summed E-state index contributed by atoms with van der Waals surface area (Å²) < 4.78 is 5.32. The Hall–Kier alpha value is -2.23. The molecule has 0 bridgehead atoms. The van der Waals surface area contributed by atoms with Crippen LogP contribution in [0.15, 0.2) is 42.6 Å². The van der Waals surface area contributed by atoms with Crippen LogP contribution < -0.4 is 15.0 Å². The van der Waals surface area contributed by atoms with Crippen LogP contribution in [0.5, 0.6) is 5.75 Å². The molecule has 2 rings (SSSR count). The molecule has 0 saturated carbocycles. The van der Waals surface area contributed by atoms with Gasteiger partial charge >= 0.3 is 0 Å². The fraction of sp³-hybridized carbons (Fsp3) is 0.267. The molecule has 1 aromatic heterocycles. The molecule has 2 aromatic rings. The first kappa shape index (κ1) is 13.2. The van der Waals surface area contributed by atoms with Crippen molar-refractivity contribution in [2.75, 3.05) is 31.4 Å². The normalized spacial score (nSPS) is 10.1. The lowest BCUT2D eigenvalue weighted by Crippen LogP contribution is -2.10. The van der Waals surface area contributed by atoms with E-state index in [0.29, 0.717) is 6.54 Å². The molecular weight excluding hydrogens is 238 g/mol. The highest BCUT2D eigenvalue weighted by Crippen LogP contribution is 2.19. The van der Waals surface area contributed by atoms with Gasteiger partial charge in [-0.3, -0.25) is 0 Å². The van der Waals surface area contributed by atoms with Gasteiger partial charge < -0.3 is 15.0 Å². The molecule has 1 heterocycles. The fourth-order valence-corrected chi connectivity index (χ4v) is 1.80. The SMILES string of the molecule is COc1ccccc1CNc1ccc(N(C)C)nc1. The topological polar surface area (TPSA) is 37.4 Å². The van der Waals surface area contributed by atoms with Crippen molar-refractivity contribution in [3.05, 3.63) is 48.2 Å². The van der Waals surface area contributed by atoms with Gasteiger partial charge in [-0.15, -0.1) is 0 Å². The standard InChI is InChI=1S/C15H19N3O/c1-18(2)15-9-8-13(11-17-15)16-10-12-6-4-5-7-14(12)19-3/h4-9,11,16H,10H2,1-3H3. The van der Waals surface area contributed by atoms with Gasteiger partial charge in [0, 0.05) is 26.2 Å². The molecule has 100 valence electrons. The summed E-state index contributed by atoms with van der Waals surface area (Å²) in [6.07, 6.45) is 1.84. The van der Waals surface area contributed by atoms with E-state index >= 15 is 0 Å². The third-order valence-electron chi connectivity index (χ3n) is 2.88. The highest BCUT2D eigenvalue weighted by atomic mass is 16.5. The number of nitrogens with zero attached hydrogens (tertiary/aromatic N) is 2. The van der Waals surface area contributed by atoms with Crippen LogP contribution in [0.4, 0.5) is 11.5 Å². The van der Waals surface area contributed by atoms with E-state index in [-0.39, 0.29) is 0 Å². The first-order valence-corrected chi connectivity index (χ1v) is 6.20. The van der Waals surface area contributed by atoms with Crippen molar-refractivity contribution in [3.8, 4) is 5.75 Å². The smallest absolute Gasteiger partial charge is 0.128 e. The molecule has 0 amide bonds. The summed E-state index contributed by atoms with van der Waals surface area (Å²) in [6.45, 7) is 0.715. The van der Waals surface area contributed by atoms with Crippen molar-refractivity contribution < 1.29 is 4.74 Å². The predicted octanol–water partition coefficient (Wildman–Crippen LogP) is 2.77. The number of anilines is 2. The summed E-state index contributed by atoms with van der Waals surface area (Å²) >= 11 is 0. The number of nitrogens with one attached hydrogen (secondary N) is 1. The van der Waals surface area contributed by atoms with Crippen LogP contribution in [0, 0.1) is 0 Å². The lowest BCUT2D eigenvalue weighted by Gasteiger charge is -2.13. The summed E-state index contributed by atoms with van der Waals surface area (Å²) in [5.41, 5.74) is 2.12. The van der Waals surface area contributed by atoms with E-state index in [9.17, 15) is 0 Å². The summed E-state index contributed by atoms with van der Waals surface area (Å²) in [5.74, 6) is 1.84. The Morgan fingerprint density at radius 1 is 1.16 bits per heavy atom. The maximum absolute atomic E-state index is 5.32. The summed E-state index contributed by atoms with van der Waals surface area (Å²) in [5, 5.41) is 3.34. The average molecular weight is 257 g/mol. The van der Waals surface area contributed by atoms with Crippen molar-refractivity contribution in [2.45, 2.75) is 6.54 Å². The maximum atomic E-state index is 5.32. The van der Waals surface area contributed by atoms with E-state index in [1.54, 1.807) is 7.11 Å². The second-order valence-corrected chi connectivity index (χ2v) is 4.46. The third-order valence-corrected chi connectivity index (χ3v) is 2.88. The van der Waals surface area contributed by atoms with Crippen LogP contribution in [0.1, 0.15) is 5.56 Å². The number of methoxy groups -OCH3 is 1. The predicted molar refractivity (Wildman–Crippen MR) is 78.9 cm³/mol. The number of hydrogen-bond donors (Lipinski definition) is 1. The summed E-state index contributed by atoms with van der Waals surface area (Å²) in [7, 11) is 5.64. The van der Waals surface area contributed by atoms with E-state index in [4.69, 9.17) is 4.74 Å². The molecule has 1 aromatic carbocycles. The van der Waals surface area contributed by atoms with Crippen LogP contribution in [0.25, 0.3) is 0 Å². The summed E-state index contributed by atoms with van der Waals surface area (Å²) in [6, 6.07) is 12.0. The zero-order valence-corrected chi connectivity index (χ0v) is 11.6. The minimum Gasteiger partial charge on any atom is -0.496 e. The van der Waals surface area contributed by atoms with E-state index < -0.39 is 0 Å². The van der Waals surface area contributed by atoms with Crippen LogP contribution in [0.2, 0.25) is 0 Å². The molecule has 19 heavy (non-hydrogen) atoms. The van der Waals surface area contributed by atoms with Crippen molar-refractivity contribution in [1.82, 2.24) is 4.98 Å². The average Bonchev–Trinajstić information content (AvgIpc) is 2.45. The molecule has 4 heteroatoms. The van der Waals surface area contributed by atoms with Gasteiger partial charge in [0.25, 0.3) is 0 Å². The molecule has 0 fully saturated rings. The zero-order chi connectivity index (χ0) is 13.7. The molecule has 0 atom stereocenters. The molecule has 0 aliphatic rings. The minimum absolute atomic E-state index is 0.715. The molecular formula is C15H19N3O. The van der Waals surface area contributed by atoms with E-state index in [1.807, 2.05) is 61.6 Å². The van der Waals surface area contributed by atoms with Crippen LogP contribution in [-0.4, -0.2) is 26.2 Å². The number of ether oxygens (including phenoxy) is 1. The highest BCUT2D eigenvalue weighted by Gasteiger charge is 2.02. The first-order chi connectivity index (χ1) is 9.20. The van der Waals surface area contributed by atoms with Gasteiger partial charge in [-0.1, -0.05) is 18.2 Å². The third kappa shape index (κ3) is 3.37. The summed E-state index contributed by atoms with van der Waals surface area (Å²) in [4.78, 5) is 6.34. The Labute approximate surface area is 114 Å². The van der Waals surface area contributed by atoms with Crippen molar-refractivity contribution in [2.24, 2.45) is 0 Å². The van der Waals surface area contributed by atoms with Crippen molar-refractivity contribution in [3.63, 3.8) is 0 Å². The lowest BCUT2D eigenvalue weighted by atomic mass is 10.2. The fourth-order valence-electron chi connectivity index (χ4n) is 1.80. The molecule has 0 spiro atoms. The van der Waals surface area contributed by atoms with Gasteiger partial charge in [-0.05, 0) is 18.2 Å². The molecule has 0 radical (unpaired) electrons. The van der Waals surface area contributed by atoms with Crippen LogP contribution >= 0.6 is 0 Å². The number of hydrogen-bond acceptors (Lipinski definition) is 4. The Bertz CT molecular complexity index is 523. The van der Waals surface area contributed by atoms with Gasteiger partial charge in [0.15, 0.2) is 0 Å². The molecule has 4 nitrogen and oxygen atoms in total. The van der Waals surface area contributed by atoms with Gasteiger partial charge in [-0.2, -0.15) is 0 Å². The molecule has 1 N–H and O–H groups in total. The lowest BCUT2D eigenvalue weighted by molar-refractivity contribution is 0.410. The molecule has 0 unspecified atom stereocenters. The van der Waals surface area contributed by atoms with Gasteiger partial charge in [0.05, 0.1) is 19.0 Å². The Kier molecular flexibility index (Phi) is 4.23. The van der Waals surface area contributed by atoms with Gasteiger partial charge in [0.1, 0.15) is 11.6 Å². The Balaban J connectivity index is 2.02. The molecule has 0 aliphatic heterocycles. The number of rotatable bonds is 5. The maximum Gasteiger partial charge on any atom is 0.128 e. The quantitative estimate of drug-likeness (QED) is 0.893. The van der Waals surface area contributed by atoms with Crippen LogP contribution in [0.3, 0.4) is 0 Å². The molecule has 0 aliphatic carbocycles. The largest absolute Gasteiger partial charge is 0.496 e. The number of aromatic nitrogens is 1. The van der Waals surface area contributed by atoms with Crippen molar-refractivity contribution in [1.29, 1.82) is 0 Å². The minimum atomic E-state index is 0.715. The van der Waals surface area contributed by atoms with E-state index in [0.717, 1.165) is 22.8 Å². The number of pyridine rings is 1.